The fourth-order valence-corrected chi connectivity index (χ4v) is 3.34. The number of carbonyl (C=O) groups excluding carboxylic acids is 2. The summed E-state index contributed by atoms with van der Waals surface area (Å²) in [4.78, 5) is 27.5. The second-order valence-electron chi connectivity index (χ2n) is 6.46. The highest BCUT2D eigenvalue weighted by molar-refractivity contribution is 8.00. The summed E-state index contributed by atoms with van der Waals surface area (Å²) in [5.74, 6) is 0.441. The molecule has 1 unspecified atom stereocenters. The second-order valence-corrected chi connectivity index (χ2v) is 8.13. The number of amides is 2. The number of rotatable bonds is 9. The van der Waals surface area contributed by atoms with E-state index in [2.05, 4.69) is 34.3 Å². The lowest BCUT2D eigenvalue weighted by atomic mass is 10.2. The van der Waals surface area contributed by atoms with E-state index in [9.17, 15) is 9.59 Å². The normalized spacial score (nSPS) is 12.2. The van der Waals surface area contributed by atoms with Gasteiger partial charge in [0.05, 0.1) is 10.9 Å². The van der Waals surface area contributed by atoms with Crippen molar-refractivity contribution in [1.29, 1.82) is 0 Å². The molecule has 0 radical (unpaired) electrons. The van der Waals surface area contributed by atoms with Crippen LogP contribution >= 0.6 is 23.4 Å². The average molecular weight is 411 g/mol. The van der Waals surface area contributed by atoms with Gasteiger partial charge in [-0.25, -0.2) is 4.98 Å². The van der Waals surface area contributed by atoms with Gasteiger partial charge in [-0.1, -0.05) is 37.2 Å². The number of hydrogen-bond donors (Lipinski definition) is 2. The van der Waals surface area contributed by atoms with Gasteiger partial charge < -0.3 is 15.6 Å². The highest BCUT2D eigenvalue weighted by Crippen LogP contribution is 2.26. The Morgan fingerprint density at radius 1 is 1.33 bits per heavy atom. The minimum absolute atomic E-state index is 0.205. The Hall–Kier alpha value is -2.13. The number of primary amides is 1. The summed E-state index contributed by atoms with van der Waals surface area (Å²) in [5, 5.41) is 11.6. The number of nitrogens with zero attached hydrogens (tertiary/aromatic N) is 4. The maximum Gasteiger partial charge on any atom is 0.237 e. The molecule has 10 heteroatoms. The minimum atomic E-state index is -0.430. The quantitative estimate of drug-likeness (QED) is 0.484. The van der Waals surface area contributed by atoms with Crippen molar-refractivity contribution in [3.8, 4) is 0 Å². The number of nitrogens with two attached hydrogens (primary N) is 1. The molecule has 2 heterocycles. The van der Waals surface area contributed by atoms with Crippen LogP contribution in [0.4, 0.5) is 5.69 Å². The Kier molecular flexibility index (Phi) is 7.61. The number of aryl methyl sites for hydroxylation is 1. The largest absolute Gasteiger partial charge is 0.370 e. The van der Waals surface area contributed by atoms with Crippen LogP contribution in [0.5, 0.6) is 0 Å². The van der Waals surface area contributed by atoms with Gasteiger partial charge >= 0.3 is 0 Å². The summed E-state index contributed by atoms with van der Waals surface area (Å²) in [5.41, 5.74) is 5.69. The van der Waals surface area contributed by atoms with E-state index in [1.165, 1.54) is 11.8 Å². The topological polar surface area (TPSA) is 116 Å². The third-order valence-electron chi connectivity index (χ3n) is 3.60. The van der Waals surface area contributed by atoms with Gasteiger partial charge in [-0.2, -0.15) is 0 Å². The van der Waals surface area contributed by atoms with Crippen molar-refractivity contribution >= 4 is 40.9 Å². The van der Waals surface area contributed by atoms with E-state index in [4.69, 9.17) is 17.3 Å². The van der Waals surface area contributed by atoms with Crippen molar-refractivity contribution in [1.82, 2.24) is 19.7 Å². The lowest BCUT2D eigenvalue weighted by Crippen LogP contribution is -2.23. The lowest BCUT2D eigenvalue weighted by molar-refractivity contribution is -0.118. The third-order valence-corrected chi connectivity index (χ3v) is 4.99. The maximum atomic E-state index is 12.5. The second kappa shape index (κ2) is 9.70. The number of nitrogens with one attached hydrogen (secondary N) is 1. The summed E-state index contributed by atoms with van der Waals surface area (Å²) in [6.45, 7) is 6.62. The molecule has 0 aliphatic carbocycles. The van der Waals surface area contributed by atoms with Gasteiger partial charge in [-0.05, 0) is 25.0 Å². The highest BCUT2D eigenvalue weighted by atomic mass is 35.5. The Labute approximate surface area is 167 Å². The first kappa shape index (κ1) is 21.2. The van der Waals surface area contributed by atoms with Crippen molar-refractivity contribution in [3.05, 3.63) is 29.3 Å². The number of carbonyl (C=O) groups is 2. The highest BCUT2D eigenvalue weighted by Gasteiger charge is 2.21. The molecule has 0 saturated heterocycles. The van der Waals surface area contributed by atoms with Crippen LogP contribution in [0.3, 0.4) is 0 Å². The van der Waals surface area contributed by atoms with Crippen LogP contribution in [-0.4, -0.2) is 36.8 Å². The zero-order valence-electron chi connectivity index (χ0n) is 15.5. The molecule has 2 rings (SSSR count). The van der Waals surface area contributed by atoms with E-state index in [0.29, 0.717) is 35.6 Å². The van der Waals surface area contributed by atoms with E-state index in [1.807, 2.05) is 4.57 Å². The third kappa shape index (κ3) is 6.21. The van der Waals surface area contributed by atoms with E-state index in [1.54, 1.807) is 25.3 Å². The lowest BCUT2D eigenvalue weighted by Gasteiger charge is -2.15. The molecular weight excluding hydrogens is 388 g/mol. The van der Waals surface area contributed by atoms with Crippen LogP contribution in [-0.2, 0) is 22.6 Å². The van der Waals surface area contributed by atoms with Gasteiger partial charge in [0, 0.05) is 25.6 Å². The molecule has 0 saturated carbocycles. The molecule has 0 aliphatic heterocycles. The van der Waals surface area contributed by atoms with Crippen molar-refractivity contribution < 1.29 is 9.59 Å². The number of anilines is 1. The van der Waals surface area contributed by atoms with Gasteiger partial charge in [-0.15, -0.1) is 10.2 Å². The van der Waals surface area contributed by atoms with Crippen LogP contribution < -0.4 is 11.1 Å². The van der Waals surface area contributed by atoms with Crippen LogP contribution in [0.1, 0.15) is 33.0 Å². The molecule has 27 heavy (non-hydrogen) atoms. The summed E-state index contributed by atoms with van der Waals surface area (Å²) < 4.78 is 1.94. The predicted octanol–water partition coefficient (Wildman–Crippen LogP) is 2.52. The Morgan fingerprint density at radius 3 is 2.70 bits per heavy atom. The Bertz CT molecular complexity index is 810. The Balaban J connectivity index is 2.11. The van der Waals surface area contributed by atoms with E-state index in [-0.39, 0.29) is 23.4 Å². The SMILES string of the molecule is CC(C)Cn1c(CCC(N)=O)nnc1SC(C)C(=O)Nc1cccnc1Cl. The van der Waals surface area contributed by atoms with Gasteiger partial charge in [0.15, 0.2) is 10.3 Å². The molecule has 0 fully saturated rings. The first-order valence-corrected chi connectivity index (χ1v) is 9.82. The number of hydrogen-bond acceptors (Lipinski definition) is 6. The van der Waals surface area contributed by atoms with Crippen molar-refractivity contribution in [2.75, 3.05) is 5.32 Å². The molecule has 2 aromatic rings. The van der Waals surface area contributed by atoms with E-state index in [0.717, 1.165) is 0 Å². The van der Waals surface area contributed by atoms with Crippen molar-refractivity contribution in [2.24, 2.45) is 11.7 Å². The molecule has 0 bridgehead atoms. The Morgan fingerprint density at radius 2 is 2.07 bits per heavy atom. The van der Waals surface area contributed by atoms with Gasteiger partial charge in [0.1, 0.15) is 5.82 Å². The predicted molar refractivity (Wildman–Crippen MR) is 106 cm³/mol. The van der Waals surface area contributed by atoms with Gasteiger partial charge in [0.2, 0.25) is 11.8 Å². The van der Waals surface area contributed by atoms with Crippen LogP contribution in [0, 0.1) is 5.92 Å². The molecule has 8 nitrogen and oxygen atoms in total. The van der Waals surface area contributed by atoms with Crippen molar-refractivity contribution in [2.45, 2.75) is 50.6 Å². The number of thioether (sulfide) groups is 1. The zero-order chi connectivity index (χ0) is 20.0. The number of aromatic nitrogens is 4. The molecule has 2 amide bonds. The van der Waals surface area contributed by atoms with Gasteiger partial charge in [-0.3, -0.25) is 9.59 Å². The van der Waals surface area contributed by atoms with Crippen LogP contribution in [0.25, 0.3) is 0 Å². The first-order chi connectivity index (χ1) is 12.8. The summed E-state index contributed by atoms with van der Waals surface area (Å²) in [6.07, 6.45) is 2.18. The molecule has 2 aromatic heterocycles. The molecule has 0 aliphatic rings. The molecule has 146 valence electrons. The standard InChI is InChI=1S/C17H23ClN6O2S/c1-10(2)9-24-14(7-6-13(19)25)22-23-17(24)27-11(3)16(26)21-12-5-4-8-20-15(12)18/h4-5,8,10-11H,6-7,9H2,1-3H3,(H2,19,25)(H,21,26). The average Bonchev–Trinajstić information content (AvgIpc) is 2.96. The number of pyridine rings is 1. The van der Waals surface area contributed by atoms with Crippen LogP contribution in [0.15, 0.2) is 23.5 Å². The maximum absolute atomic E-state index is 12.5. The fourth-order valence-electron chi connectivity index (χ4n) is 2.30. The fraction of sp³-hybridized carbons (Fsp3) is 0.471. The molecule has 0 aromatic carbocycles. The summed E-state index contributed by atoms with van der Waals surface area (Å²) >= 11 is 7.28. The van der Waals surface area contributed by atoms with Crippen molar-refractivity contribution in [3.63, 3.8) is 0 Å². The summed E-state index contributed by atoms with van der Waals surface area (Å²) in [7, 11) is 0. The molecule has 3 N–H and O–H groups in total. The first-order valence-electron chi connectivity index (χ1n) is 8.56. The van der Waals surface area contributed by atoms with E-state index >= 15 is 0 Å². The van der Waals surface area contributed by atoms with Crippen LogP contribution in [0.2, 0.25) is 5.15 Å². The monoisotopic (exact) mass is 410 g/mol. The zero-order valence-corrected chi connectivity index (χ0v) is 17.0. The molecule has 1 atom stereocenters. The molecular formula is C17H23ClN6O2S. The smallest absolute Gasteiger partial charge is 0.237 e. The minimum Gasteiger partial charge on any atom is -0.370 e. The summed E-state index contributed by atoms with van der Waals surface area (Å²) in [6, 6.07) is 3.39. The van der Waals surface area contributed by atoms with E-state index < -0.39 is 5.25 Å². The number of halogens is 1. The van der Waals surface area contributed by atoms with Gasteiger partial charge in [0.25, 0.3) is 0 Å². The molecule has 0 spiro atoms.